The van der Waals surface area contributed by atoms with E-state index >= 15 is 0 Å². The van der Waals surface area contributed by atoms with Gasteiger partial charge in [0.15, 0.2) is 0 Å². The number of aromatic nitrogens is 1. The van der Waals surface area contributed by atoms with Crippen LogP contribution in [-0.2, 0) is 11.8 Å². The van der Waals surface area contributed by atoms with Gasteiger partial charge >= 0.3 is 5.97 Å². The molecule has 122 valence electrons. The Morgan fingerprint density at radius 2 is 1.87 bits per heavy atom. The van der Waals surface area contributed by atoms with Crippen LogP contribution in [0.4, 0.5) is 0 Å². The molecule has 1 amide bonds. The minimum atomic E-state index is -0.952. The summed E-state index contributed by atoms with van der Waals surface area (Å²) in [7, 11) is 1.81. The second-order valence-electron chi connectivity index (χ2n) is 5.32. The van der Waals surface area contributed by atoms with E-state index in [1.54, 1.807) is 22.4 Å². The highest BCUT2D eigenvalue weighted by Crippen LogP contribution is 2.22. The molecule has 2 aromatic rings. The first-order chi connectivity index (χ1) is 10.9. The predicted octanol–water partition coefficient (Wildman–Crippen LogP) is 3.00. The molecular formula is C17H20N2O3S. The SMILES string of the molecule is CSc1ccc(C(CC(=O)O)NC(=O)c2ccc(C)n2C)cc1. The van der Waals surface area contributed by atoms with E-state index in [1.807, 2.05) is 50.6 Å². The average molecular weight is 332 g/mol. The Morgan fingerprint density at radius 3 is 2.35 bits per heavy atom. The van der Waals surface area contributed by atoms with Gasteiger partial charge in [-0.2, -0.15) is 0 Å². The third kappa shape index (κ3) is 4.16. The number of benzene rings is 1. The molecule has 0 aliphatic carbocycles. The van der Waals surface area contributed by atoms with Gasteiger partial charge in [-0.3, -0.25) is 9.59 Å². The van der Waals surface area contributed by atoms with Crippen molar-refractivity contribution in [3.05, 3.63) is 53.3 Å². The molecule has 0 aliphatic heterocycles. The van der Waals surface area contributed by atoms with Gasteiger partial charge in [0, 0.05) is 17.6 Å². The summed E-state index contributed by atoms with van der Waals surface area (Å²) in [6, 6.07) is 10.6. The van der Waals surface area contributed by atoms with Crippen LogP contribution in [0.3, 0.4) is 0 Å². The Morgan fingerprint density at radius 1 is 1.22 bits per heavy atom. The molecule has 1 unspecified atom stereocenters. The zero-order chi connectivity index (χ0) is 17.0. The fourth-order valence-corrected chi connectivity index (χ4v) is 2.74. The molecule has 23 heavy (non-hydrogen) atoms. The molecule has 0 bridgehead atoms. The lowest BCUT2D eigenvalue weighted by Gasteiger charge is -2.18. The highest BCUT2D eigenvalue weighted by Gasteiger charge is 2.20. The van der Waals surface area contributed by atoms with Crippen LogP contribution in [0.5, 0.6) is 0 Å². The van der Waals surface area contributed by atoms with E-state index in [9.17, 15) is 9.59 Å². The van der Waals surface area contributed by atoms with Gasteiger partial charge in [0.05, 0.1) is 12.5 Å². The minimum absolute atomic E-state index is 0.159. The second-order valence-corrected chi connectivity index (χ2v) is 6.20. The molecule has 0 fully saturated rings. The topological polar surface area (TPSA) is 71.3 Å². The summed E-state index contributed by atoms with van der Waals surface area (Å²) in [5.41, 5.74) is 2.26. The van der Waals surface area contributed by atoms with Crippen LogP contribution in [0.15, 0.2) is 41.3 Å². The molecule has 5 nitrogen and oxygen atoms in total. The largest absolute Gasteiger partial charge is 0.481 e. The fourth-order valence-electron chi connectivity index (χ4n) is 2.34. The number of carboxylic acid groups (broad SMARTS) is 1. The number of carboxylic acids is 1. The van der Waals surface area contributed by atoms with Crippen LogP contribution in [0.2, 0.25) is 0 Å². The van der Waals surface area contributed by atoms with Gasteiger partial charge < -0.3 is 15.0 Å². The van der Waals surface area contributed by atoms with Gasteiger partial charge in [0.25, 0.3) is 5.91 Å². The van der Waals surface area contributed by atoms with E-state index in [1.165, 1.54) is 0 Å². The highest BCUT2D eigenvalue weighted by atomic mass is 32.2. The number of hydrogen-bond donors (Lipinski definition) is 2. The lowest BCUT2D eigenvalue weighted by Crippen LogP contribution is -2.31. The Hall–Kier alpha value is -2.21. The van der Waals surface area contributed by atoms with Crippen LogP contribution in [0.1, 0.15) is 34.2 Å². The van der Waals surface area contributed by atoms with Crippen molar-refractivity contribution in [3.8, 4) is 0 Å². The average Bonchev–Trinajstić information content (AvgIpc) is 2.86. The molecule has 0 aliphatic rings. The number of carbonyl (C=O) groups excluding carboxylic acids is 1. The van der Waals surface area contributed by atoms with Crippen LogP contribution >= 0.6 is 11.8 Å². The third-order valence-corrected chi connectivity index (χ3v) is 4.55. The maximum atomic E-state index is 12.4. The molecule has 6 heteroatoms. The zero-order valence-electron chi connectivity index (χ0n) is 13.4. The van der Waals surface area contributed by atoms with Crippen LogP contribution in [-0.4, -0.2) is 27.8 Å². The molecule has 0 saturated carbocycles. The molecule has 2 N–H and O–H groups in total. The summed E-state index contributed by atoms with van der Waals surface area (Å²) in [6.45, 7) is 1.91. The van der Waals surface area contributed by atoms with E-state index < -0.39 is 12.0 Å². The lowest BCUT2D eigenvalue weighted by molar-refractivity contribution is -0.137. The molecule has 2 rings (SSSR count). The van der Waals surface area contributed by atoms with Crippen molar-refractivity contribution in [1.29, 1.82) is 0 Å². The van der Waals surface area contributed by atoms with Gasteiger partial charge in [-0.05, 0) is 43.0 Å². The van der Waals surface area contributed by atoms with Crippen LogP contribution in [0.25, 0.3) is 0 Å². The highest BCUT2D eigenvalue weighted by molar-refractivity contribution is 7.98. The van der Waals surface area contributed by atoms with Crippen molar-refractivity contribution in [1.82, 2.24) is 9.88 Å². The van der Waals surface area contributed by atoms with Crippen molar-refractivity contribution in [2.75, 3.05) is 6.26 Å². The van der Waals surface area contributed by atoms with Gasteiger partial charge in [0.2, 0.25) is 0 Å². The number of hydrogen-bond acceptors (Lipinski definition) is 3. The Labute approximate surface area is 139 Å². The molecule has 1 heterocycles. The molecule has 1 aromatic heterocycles. The third-order valence-electron chi connectivity index (χ3n) is 3.81. The van der Waals surface area contributed by atoms with Crippen LogP contribution in [0, 0.1) is 6.92 Å². The van der Waals surface area contributed by atoms with Gasteiger partial charge in [-0.15, -0.1) is 11.8 Å². The van der Waals surface area contributed by atoms with Crippen molar-refractivity contribution in [3.63, 3.8) is 0 Å². The summed E-state index contributed by atoms with van der Waals surface area (Å²) < 4.78 is 1.78. The quantitative estimate of drug-likeness (QED) is 0.798. The molecule has 1 aromatic carbocycles. The normalized spacial score (nSPS) is 12.0. The van der Waals surface area contributed by atoms with Crippen molar-refractivity contribution in [2.45, 2.75) is 24.3 Å². The molecular weight excluding hydrogens is 312 g/mol. The lowest BCUT2D eigenvalue weighted by atomic mass is 10.0. The second kappa shape index (κ2) is 7.37. The number of nitrogens with one attached hydrogen (secondary N) is 1. The molecule has 0 spiro atoms. The van der Waals surface area contributed by atoms with Crippen molar-refractivity contribution >= 4 is 23.6 Å². The van der Waals surface area contributed by atoms with E-state index in [2.05, 4.69) is 5.32 Å². The number of amides is 1. The first-order valence-electron chi connectivity index (χ1n) is 7.21. The number of thioether (sulfide) groups is 1. The van der Waals surface area contributed by atoms with E-state index in [0.717, 1.165) is 16.2 Å². The van der Waals surface area contributed by atoms with Crippen molar-refractivity contribution in [2.24, 2.45) is 7.05 Å². The van der Waals surface area contributed by atoms with Gasteiger partial charge in [-0.25, -0.2) is 0 Å². The summed E-state index contributed by atoms with van der Waals surface area (Å²) in [6.07, 6.45) is 1.82. The molecule has 0 radical (unpaired) electrons. The Kier molecular flexibility index (Phi) is 5.50. The fraction of sp³-hybridized carbons (Fsp3) is 0.294. The Balaban J connectivity index is 2.22. The first-order valence-corrected chi connectivity index (χ1v) is 8.43. The number of aliphatic carboxylic acids is 1. The standard InChI is InChI=1S/C17H20N2O3S/c1-11-4-9-15(19(11)2)17(22)18-14(10-16(20)21)12-5-7-13(23-3)8-6-12/h4-9,14H,10H2,1-3H3,(H,18,22)(H,20,21). The molecule has 0 saturated heterocycles. The predicted molar refractivity (Wildman–Crippen MR) is 90.8 cm³/mol. The maximum absolute atomic E-state index is 12.4. The first kappa shape index (κ1) is 17.1. The zero-order valence-corrected chi connectivity index (χ0v) is 14.2. The van der Waals surface area contributed by atoms with E-state index in [-0.39, 0.29) is 12.3 Å². The van der Waals surface area contributed by atoms with Crippen molar-refractivity contribution < 1.29 is 14.7 Å². The maximum Gasteiger partial charge on any atom is 0.305 e. The summed E-state index contributed by atoms with van der Waals surface area (Å²) in [4.78, 5) is 24.7. The van der Waals surface area contributed by atoms with E-state index in [4.69, 9.17) is 5.11 Å². The number of carbonyl (C=O) groups is 2. The van der Waals surface area contributed by atoms with Gasteiger partial charge in [-0.1, -0.05) is 12.1 Å². The number of aryl methyl sites for hydroxylation is 1. The van der Waals surface area contributed by atoms with Crippen LogP contribution < -0.4 is 5.32 Å². The summed E-state index contributed by atoms with van der Waals surface area (Å²) in [5, 5.41) is 12.0. The molecule has 1 atom stereocenters. The Bertz CT molecular complexity index is 707. The smallest absolute Gasteiger partial charge is 0.305 e. The minimum Gasteiger partial charge on any atom is -0.481 e. The number of nitrogens with zero attached hydrogens (tertiary/aromatic N) is 1. The summed E-state index contributed by atoms with van der Waals surface area (Å²) in [5.74, 6) is -1.23. The summed E-state index contributed by atoms with van der Waals surface area (Å²) >= 11 is 1.61. The number of rotatable bonds is 6. The monoisotopic (exact) mass is 332 g/mol. The van der Waals surface area contributed by atoms with E-state index in [0.29, 0.717) is 5.69 Å². The van der Waals surface area contributed by atoms with Gasteiger partial charge in [0.1, 0.15) is 5.69 Å².